The number of nitrogens with zero attached hydrogens (tertiary/aromatic N) is 3. The first-order valence-corrected chi connectivity index (χ1v) is 9.39. The molecule has 0 aromatic carbocycles. The van der Waals surface area contributed by atoms with Gasteiger partial charge in [-0.3, -0.25) is 20.5 Å². The Labute approximate surface area is 168 Å². The molecule has 5 N–H and O–H groups in total. The number of morpholine rings is 1. The number of urea groups is 1. The monoisotopic (exact) mass is 399 g/mol. The molecule has 0 aliphatic carbocycles. The van der Waals surface area contributed by atoms with Gasteiger partial charge in [0.25, 0.3) is 5.91 Å². The molecule has 154 valence electrons. The van der Waals surface area contributed by atoms with Crippen LogP contribution >= 0.6 is 0 Å². The zero-order valence-electron chi connectivity index (χ0n) is 16.4. The van der Waals surface area contributed by atoms with E-state index in [1.807, 2.05) is 19.9 Å². The summed E-state index contributed by atoms with van der Waals surface area (Å²) in [5.41, 5.74) is 4.83. The maximum atomic E-state index is 11.9. The molecule has 0 spiro atoms. The first-order chi connectivity index (χ1) is 14.0. The summed E-state index contributed by atoms with van der Waals surface area (Å²) in [5.74, 6) is 5.24. The maximum Gasteiger partial charge on any atom is 0.320 e. The Balaban J connectivity index is 2.01. The molecule has 0 saturated carbocycles. The van der Waals surface area contributed by atoms with E-state index in [2.05, 4.69) is 30.9 Å². The number of hydrogen-bond donors (Lipinski definition) is 4. The minimum absolute atomic E-state index is 0.0667. The SMILES string of the molecule is CCNC(=O)Nc1cc(N2CCO[C@H](C)C2)c(-c2cncc(C(=O)NN)c2)cn1. The van der Waals surface area contributed by atoms with Gasteiger partial charge in [0.15, 0.2) is 0 Å². The fourth-order valence-corrected chi connectivity index (χ4v) is 3.15. The Kier molecular flexibility index (Phi) is 6.57. The number of rotatable bonds is 5. The largest absolute Gasteiger partial charge is 0.375 e. The van der Waals surface area contributed by atoms with Gasteiger partial charge < -0.3 is 15.0 Å². The Hall–Kier alpha value is -3.24. The molecule has 3 rings (SSSR count). The van der Waals surface area contributed by atoms with Crippen LogP contribution in [0.1, 0.15) is 24.2 Å². The molecule has 29 heavy (non-hydrogen) atoms. The molecule has 1 aliphatic rings. The zero-order chi connectivity index (χ0) is 20.8. The van der Waals surface area contributed by atoms with Crippen LogP contribution in [0.4, 0.5) is 16.3 Å². The molecule has 3 amide bonds. The van der Waals surface area contributed by atoms with Crippen molar-refractivity contribution in [3.8, 4) is 11.1 Å². The Morgan fingerprint density at radius 1 is 1.31 bits per heavy atom. The van der Waals surface area contributed by atoms with E-state index < -0.39 is 5.91 Å². The molecule has 10 heteroatoms. The van der Waals surface area contributed by atoms with Gasteiger partial charge >= 0.3 is 6.03 Å². The summed E-state index contributed by atoms with van der Waals surface area (Å²) in [6.45, 7) is 6.34. The van der Waals surface area contributed by atoms with E-state index in [4.69, 9.17) is 10.6 Å². The highest BCUT2D eigenvalue weighted by molar-refractivity contribution is 5.95. The third-order valence-corrected chi connectivity index (χ3v) is 4.49. The highest BCUT2D eigenvalue weighted by atomic mass is 16.5. The highest BCUT2D eigenvalue weighted by Gasteiger charge is 2.22. The number of hydrogen-bond acceptors (Lipinski definition) is 7. The van der Waals surface area contributed by atoms with E-state index in [0.717, 1.165) is 16.8 Å². The fourth-order valence-electron chi connectivity index (χ4n) is 3.15. The van der Waals surface area contributed by atoms with E-state index in [-0.39, 0.29) is 12.1 Å². The van der Waals surface area contributed by atoms with Gasteiger partial charge in [-0.05, 0) is 19.9 Å². The Bertz CT molecular complexity index is 890. The van der Waals surface area contributed by atoms with Gasteiger partial charge in [-0.15, -0.1) is 0 Å². The van der Waals surface area contributed by atoms with Crippen LogP contribution in [0.25, 0.3) is 11.1 Å². The number of nitrogen functional groups attached to an aromatic ring is 1. The van der Waals surface area contributed by atoms with Gasteiger partial charge in [0.2, 0.25) is 0 Å². The smallest absolute Gasteiger partial charge is 0.320 e. The number of aromatic nitrogens is 2. The second-order valence-electron chi connectivity index (χ2n) is 6.63. The van der Waals surface area contributed by atoms with Crippen molar-refractivity contribution in [3.05, 3.63) is 36.3 Å². The van der Waals surface area contributed by atoms with Crippen LogP contribution in [0.3, 0.4) is 0 Å². The molecule has 10 nitrogen and oxygen atoms in total. The van der Waals surface area contributed by atoms with Crippen LogP contribution in [-0.4, -0.2) is 54.3 Å². The summed E-state index contributed by atoms with van der Waals surface area (Å²) >= 11 is 0. The van der Waals surface area contributed by atoms with Gasteiger partial charge in [0, 0.05) is 55.4 Å². The van der Waals surface area contributed by atoms with Crippen molar-refractivity contribution in [3.63, 3.8) is 0 Å². The molecule has 2 aromatic rings. The van der Waals surface area contributed by atoms with Crippen molar-refractivity contribution in [2.45, 2.75) is 20.0 Å². The quantitative estimate of drug-likeness (QED) is 0.336. The van der Waals surface area contributed by atoms with E-state index >= 15 is 0 Å². The minimum atomic E-state index is -0.427. The summed E-state index contributed by atoms with van der Waals surface area (Å²) < 4.78 is 5.65. The number of anilines is 2. The van der Waals surface area contributed by atoms with Crippen molar-refractivity contribution in [2.24, 2.45) is 5.84 Å². The molecule has 1 aliphatic heterocycles. The van der Waals surface area contributed by atoms with E-state index in [0.29, 0.717) is 37.6 Å². The van der Waals surface area contributed by atoms with Crippen molar-refractivity contribution in [2.75, 3.05) is 36.5 Å². The number of ether oxygens (including phenoxy) is 1. The lowest BCUT2D eigenvalue weighted by Crippen LogP contribution is -2.41. The molecule has 0 radical (unpaired) electrons. The van der Waals surface area contributed by atoms with Gasteiger partial charge in [-0.1, -0.05) is 0 Å². The number of pyridine rings is 2. The van der Waals surface area contributed by atoms with Crippen LogP contribution in [0, 0.1) is 0 Å². The average Bonchev–Trinajstić information content (AvgIpc) is 2.73. The second-order valence-corrected chi connectivity index (χ2v) is 6.63. The van der Waals surface area contributed by atoms with Gasteiger partial charge in [0.1, 0.15) is 5.82 Å². The Morgan fingerprint density at radius 3 is 2.86 bits per heavy atom. The van der Waals surface area contributed by atoms with Crippen molar-refractivity contribution < 1.29 is 14.3 Å². The van der Waals surface area contributed by atoms with E-state index in [1.165, 1.54) is 6.20 Å². The predicted octanol–water partition coefficient (Wildman–Crippen LogP) is 1.11. The van der Waals surface area contributed by atoms with Crippen LogP contribution in [0.2, 0.25) is 0 Å². The average molecular weight is 399 g/mol. The molecule has 1 fully saturated rings. The maximum absolute atomic E-state index is 11.9. The number of amides is 3. The summed E-state index contributed by atoms with van der Waals surface area (Å²) in [6, 6.07) is 3.20. The number of nitrogens with one attached hydrogen (secondary N) is 3. The molecule has 1 atom stereocenters. The van der Waals surface area contributed by atoms with Crippen molar-refractivity contribution in [1.82, 2.24) is 20.7 Å². The number of nitrogens with two attached hydrogens (primary N) is 1. The van der Waals surface area contributed by atoms with Crippen molar-refractivity contribution >= 4 is 23.4 Å². The first-order valence-electron chi connectivity index (χ1n) is 9.39. The number of carbonyl (C=O) groups is 2. The number of hydrazine groups is 1. The lowest BCUT2D eigenvalue weighted by Gasteiger charge is -2.34. The highest BCUT2D eigenvalue weighted by Crippen LogP contribution is 2.33. The zero-order valence-corrected chi connectivity index (χ0v) is 16.4. The standard InChI is InChI=1S/C19H25N7O3/c1-3-22-19(28)24-17-7-16(26-4-5-29-12(2)11-26)15(10-23-17)13-6-14(9-21-8-13)18(27)25-20/h6-10,12H,3-5,11,20H2,1-2H3,(H,25,27)(H2,22,23,24,28)/t12-/m1/s1. The van der Waals surface area contributed by atoms with Crippen LogP contribution < -0.4 is 26.8 Å². The molecule has 0 unspecified atom stereocenters. The predicted molar refractivity (Wildman–Crippen MR) is 109 cm³/mol. The van der Waals surface area contributed by atoms with Crippen LogP contribution in [-0.2, 0) is 4.74 Å². The molecule has 1 saturated heterocycles. The Morgan fingerprint density at radius 2 is 2.14 bits per heavy atom. The third-order valence-electron chi connectivity index (χ3n) is 4.49. The molecule has 0 bridgehead atoms. The van der Waals surface area contributed by atoms with Crippen LogP contribution in [0.15, 0.2) is 30.7 Å². The van der Waals surface area contributed by atoms with Gasteiger partial charge in [-0.25, -0.2) is 15.6 Å². The topological polar surface area (TPSA) is 134 Å². The van der Waals surface area contributed by atoms with Crippen LogP contribution in [0.5, 0.6) is 0 Å². The molecular weight excluding hydrogens is 374 g/mol. The first kappa shape index (κ1) is 20.5. The third kappa shape index (κ3) is 4.98. The molecule has 3 heterocycles. The lowest BCUT2D eigenvalue weighted by molar-refractivity contribution is 0.0532. The summed E-state index contributed by atoms with van der Waals surface area (Å²) in [5, 5.41) is 5.42. The normalized spacial score (nSPS) is 16.2. The number of carbonyl (C=O) groups excluding carboxylic acids is 2. The minimum Gasteiger partial charge on any atom is -0.375 e. The van der Waals surface area contributed by atoms with Crippen molar-refractivity contribution in [1.29, 1.82) is 0 Å². The summed E-state index contributed by atoms with van der Waals surface area (Å²) in [6.07, 6.45) is 4.84. The van der Waals surface area contributed by atoms with E-state index in [9.17, 15) is 9.59 Å². The summed E-state index contributed by atoms with van der Waals surface area (Å²) in [4.78, 5) is 34.5. The molecular formula is C19H25N7O3. The fraction of sp³-hybridized carbons (Fsp3) is 0.368. The summed E-state index contributed by atoms with van der Waals surface area (Å²) in [7, 11) is 0. The van der Waals surface area contributed by atoms with Gasteiger partial charge in [-0.2, -0.15) is 0 Å². The second kappa shape index (κ2) is 9.30. The lowest BCUT2D eigenvalue weighted by atomic mass is 10.0. The molecule has 2 aromatic heterocycles. The van der Waals surface area contributed by atoms with E-state index in [1.54, 1.807) is 18.5 Å². The van der Waals surface area contributed by atoms with Gasteiger partial charge in [0.05, 0.1) is 24.0 Å².